The molecule has 0 bridgehead atoms. The lowest BCUT2D eigenvalue weighted by Gasteiger charge is -2.41. The quantitative estimate of drug-likeness (QED) is 0.239. The number of fused-ring (bicyclic) bond motifs is 3. The molecule has 5 nitrogen and oxygen atoms in total. The van der Waals surface area contributed by atoms with Crippen LogP contribution in [0.2, 0.25) is 0 Å². The summed E-state index contributed by atoms with van der Waals surface area (Å²) in [4.78, 5) is 2.14. The first-order valence-electron chi connectivity index (χ1n) is 14.0. The maximum Gasteiger partial charge on any atom is 0.165 e. The number of nitrogens with zero attached hydrogens (tertiary/aromatic N) is 1. The second kappa shape index (κ2) is 11.1. The highest BCUT2D eigenvalue weighted by atomic mass is 79.9. The molecule has 1 aliphatic heterocycles. The molecule has 1 heterocycles. The van der Waals surface area contributed by atoms with E-state index in [2.05, 4.69) is 83.5 Å². The van der Waals surface area contributed by atoms with Crippen LogP contribution in [0.3, 0.4) is 0 Å². The highest BCUT2D eigenvalue weighted by molar-refractivity contribution is 9.10. The molecule has 0 saturated heterocycles. The van der Waals surface area contributed by atoms with Gasteiger partial charge in [-0.05, 0) is 97.6 Å². The number of para-hydroxylation sites is 1. The summed E-state index contributed by atoms with van der Waals surface area (Å²) < 4.78 is 19.4. The smallest absolute Gasteiger partial charge is 0.165 e. The van der Waals surface area contributed by atoms with Crippen molar-refractivity contribution in [2.24, 2.45) is 0 Å². The van der Waals surface area contributed by atoms with Crippen LogP contribution in [0.4, 0.5) is 0 Å². The minimum Gasteiger partial charge on any atom is -0.496 e. The van der Waals surface area contributed by atoms with Gasteiger partial charge in [-0.15, -0.1) is 0 Å². The van der Waals surface area contributed by atoms with Crippen LogP contribution in [0.1, 0.15) is 46.6 Å². The molecule has 4 aromatic rings. The average molecular weight is 603 g/mol. The third kappa shape index (κ3) is 4.87. The van der Waals surface area contributed by atoms with E-state index in [1.165, 1.54) is 11.1 Å². The van der Waals surface area contributed by atoms with Crippen LogP contribution >= 0.6 is 15.9 Å². The van der Waals surface area contributed by atoms with Gasteiger partial charge in [0.05, 0.1) is 7.11 Å². The number of aryl methyl sites for hydroxylation is 1. The second-order valence-electron chi connectivity index (χ2n) is 11.2. The summed E-state index contributed by atoms with van der Waals surface area (Å²) in [6.45, 7) is 1.69. The van der Waals surface area contributed by atoms with Gasteiger partial charge in [0.2, 0.25) is 0 Å². The fraction of sp³-hybridized carbons (Fsp3) is 0.353. The SMILES string of the molecule is COc1cc2ccc(Br)cc2cc1[C@@H](c1cccc2c1OCCO2)[C@@](O)(CCN(C)C)c1cccc2c1CCC2. The van der Waals surface area contributed by atoms with Crippen LogP contribution in [-0.2, 0) is 18.4 Å². The van der Waals surface area contributed by atoms with Crippen molar-refractivity contribution in [2.75, 3.05) is 41.0 Å². The summed E-state index contributed by atoms with van der Waals surface area (Å²) in [6, 6.07) is 23.0. The molecule has 0 radical (unpaired) electrons. The summed E-state index contributed by atoms with van der Waals surface area (Å²) >= 11 is 3.65. The standard InChI is InChI=1S/C34H36BrNO4/c1-36(2)16-15-34(37,29-11-5-8-22-7-4-9-26(22)29)32(27-10-6-12-30-33(27)40-18-17-39-30)28-20-24-19-25(35)14-13-23(24)21-31(28)38-3/h5-6,8,10-14,19-21,32,37H,4,7,9,15-18H2,1-3H3/t32-,34-/m1/s1. The first-order chi connectivity index (χ1) is 19.4. The molecule has 208 valence electrons. The fourth-order valence-corrected chi connectivity index (χ4v) is 6.91. The number of ether oxygens (including phenoxy) is 3. The fourth-order valence-electron chi connectivity index (χ4n) is 6.53. The van der Waals surface area contributed by atoms with Crippen LogP contribution in [0, 0.1) is 0 Å². The molecule has 0 fully saturated rings. The van der Waals surface area contributed by atoms with Crippen molar-refractivity contribution < 1.29 is 19.3 Å². The Morgan fingerprint density at radius 3 is 2.60 bits per heavy atom. The lowest BCUT2D eigenvalue weighted by Crippen LogP contribution is -2.39. The summed E-state index contributed by atoms with van der Waals surface area (Å²) in [5.41, 5.74) is 4.19. The highest BCUT2D eigenvalue weighted by Gasteiger charge is 2.45. The maximum absolute atomic E-state index is 13.3. The zero-order valence-electron chi connectivity index (χ0n) is 23.4. The lowest BCUT2D eigenvalue weighted by molar-refractivity contribution is 0.00204. The van der Waals surface area contributed by atoms with Crippen LogP contribution in [-0.4, -0.2) is 51.0 Å². The molecule has 6 heteroatoms. The minimum atomic E-state index is -1.25. The van der Waals surface area contributed by atoms with Crippen molar-refractivity contribution in [1.82, 2.24) is 4.90 Å². The molecule has 1 aliphatic carbocycles. The molecule has 0 saturated carbocycles. The van der Waals surface area contributed by atoms with E-state index in [9.17, 15) is 5.11 Å². The zero-order valence-corrected chi connectivity index (χ0v) is 25.0. The summed E-state index contributed by atoms with van der Waals surface area (Å²) in [7, 11) is 5.82. The van der Waals surface area contributed by atoms with Gasteiger partial charge < -0.3 is 24.2 Å². The summed E-state index contributed by atoms with van der Waals surface area (Å²) in [5, 5.41) is 15.5. The molecule has 0 aromatic heterocycles. The van der Waals surface area contributed by atoms with Crippen molar-refractivity contribution in [2.45, 2.75) is 37.2 Å². The van der Waals surface area contributed by atoms with Crippen LogP contribution in [0.25, 0.3) is 10.8 Å². The lowest BCUT2D eigenvalue weighted by atomic mass is 9.69. The van der Waals surface area contributed by atoms with E-state index >= 15 is 0 Å². The Morgan fingerprint density at radius 1 is 0.950 bits per heavy atom. The molecule has 1 N–H and O–H groups in total. The summed E-state index contributed by atoms with van der Waals surface area (Å²) in [5.74, 6) is 1.68. The van der Waals surface area contributed by atoms with Crippen LogP contribution in [0.15, 0.2) is 71.2 Å². The van der Waals surface area contributed by atoms with Gasteiger partial charge in [-0.3, -0.25) is 0 Å². The van der Waals surface area contributed by atoms with Gasteiger partial charge in [-0.25, -0.2) is 0 Å². The Morgan fingerprint density at radius 2 is 1.77 bits per heavy atom. The average Bonchev–Trinajstić information content (AvgIpc) is 3.45. The maximum atomic E-state index is 13.3. The largest absolute Gasteiger partial charge is 0.496 e. The second-order valence-corrected chi connectivity index (χ2v) is 12.1. The Balaban J connectivity index is 1.67. The van der Waals surface area contributed by atoms with E-state index in [0.717, 1.165) is 56.9 Å². The topological polar surface area (TPSA) is 51.2 Å². The normalized spacial score (nSPS) is 16.6. The predicted molar refractivity (Wildman–Crippen MR) is 163 cm³/mol. The molecule has 40 heavy (non-hydrogen) atoms. The van der Waals surface area contributed by atoms with E-state index < -0.39 is 11.5 Å². The minimum absolute atomic E-state index is 0.468. The van der Waals surface area contributed by atoms with E-state index in [4.69, 9.17) is 14.2 Å². The zero-order chi connectivity index (χ0) is 27.9. The first-order valence-corrected chi connectivity index (χ1v) is 14.8. The van der Waals surface area contributed by atoms with Gasteiger partial charge in [0, 0.05) is 28.1 Å². The molecule has 0 unspecified atom stereocenters. The third-order valence-corrected chi connectivity index (χ3v) is 8.89. The van der Waals surface area contributed by atoms with Gasteiger partial charge in [0.25, 0.3) is 0 Å². The van der Waals surface area contributed by atoms with Crippen molar-refractivity contribution in [3.8, 4) is 17.2 Å². The van der Waals surface area contributed by atoms with Gasteiger partial charge >= 0.3 is 0 Å². The number of rotatable bonds is 8. The van der Waals surface area contributed by atoms with Gasteiger partial charge in [0.15, 0.2) is 11.5 Å². The van der Waals surface area contributed by atoms with Gasteiger partial charge in [-0.2, -0.15) is 0 Å². The van der Waals surface area contributed by atoms with Gasteiger partial charge in [0.1, 0.15) is 24.6 Å². The van der Waals surface area contributed by atoms with Crippen molar-refractivity contribution in [3.63, 3.8) is 0 Å². The van der Waals surface area contributed by atoms with E-state index in [1.807, 2.05) is 18.2 Å². The Hall–Kier alpha value is -3.06. The Kier molecular flexibility index (Phi) is 7.51. The summed E-state index contributed by atoms with van der Waals surface area (Å²) in [6.07, 6.45) is 3.65. The number of aliphatic hydroxyl groups is 1. The number of hydrogen-bond donors (Lipinski definition) is 1. The Labute approximate surface area is 244 Å². The van der Waals surface area contributed by atoms with Crippen LogP contribution < -0.4 is 14.2 Å². The van der Waals surface area contributed by atoms with Gasteiger partial charge in [-0.1, -0.05) is 52.3 Å². The number of benzene rings is 4. The molecule has 0 spiro atoms. The molecular weight excluding hydrogens is 566 g/mol. The van der Waals surface area contributed by atoms with Crippen molar-refractivity contribution in [1.29, 1.82) is 0 Å². The molecule has 2 aliphatic rings. The predicted octanol–water partition coefficient (Wildman–Crippen LogP) is 6.84. The van der Waals surface area contributed by atoms with E-state index in [0.29, 0.717) is 37.7 Å². The molecular formula is C34H36BrNO4. The molecule has 4 aromatic carbocycles. The molecule has 0 amide bonds. The number of halogens is 1. The van der Waals surface area contributed by atoms with Crippen molar-refractivity contribution >= 4 is 26.7 Å². The molecule has 6 rings (SSSR count). The monoisotopic (exact) mass is 601 g/mol. The molecule has 2 atom stereocenters. The number of methoxy groups -OCH3 is 1. The van der Waals surface area contributed by atoms with Crippen LogP contribution in [0.5, 0.6) is 17.2 Å². The Bertz CT molecular complexity index is 1550. The highest BCUT2D eigenvalue weighted by Crippen LogP contribution is 2.53. The van der Waals surface area contributed by atoms with E-state index in [1.54, 1.807) is 7.11 Å². The van der Waals surface area contributed by atoms with Crippen molar-refractivity contribution in [3.05, 3.63) is 99.0 Å². The van der Waals surface area contributed by atoms with E-state index in [-0.39, 0.29) is 0 Å². The number of hydrogen-bond acceptors (Lipinski definition) is 5. The first kappa shape index (κ1) is 27.1. The third-order valence-electron chi connectivity index (χ3n) is 8.40.